The third-order valence-electron chi connectivity index (χ3n) is 3.62. The fourth-order valence-corrected chi connectivity index (χ4v) is 3.70. The number of imide groups is 1. The molecule has 0 radical (unpaired) electrons. The highest BCUT2D eigenvalue weighted by Gasteiger charge is 2.41. The summed E-state index contributed by atoms with van der Waals surface area (Å²) in [5.74, 6) is 0.0251. The van der Waals surface area contributed by atoms with Gasteiger partial charge in [-0.3, -0.25) is 14.5 Å². The maximum Gasteiger partial charge on any atom is 0.329 e. The number of esters is 1. The van der Waals surface area contributed by atoms with Gasteiger partial charge in [-0.15, -0.1) is 0 Å². The van der Waals surface area contributed by atoms with Crippen molar-refractivity contribution in [2.45, 2.75) is 19.9 Å². The van der Waals surface area contributed by atoms with E-state index in [2.05, 4.69) is 15.9 Å². The molecule has 1 aromatic carbocycles. The van der Waals surface area contributed by atoms with Crippen LogP contribution in [0, 0.1) is 0 Å². The van der Waals surface area contributed by atoms with Gasteiger partial charge in [0.2, 0.25) is 6.79 Å². The molecule has 2 heterocycles. The van der Waals surface area contributed by atoms with Gasteiger partial charge in [-0.05, 0) is 49.4 Å². The molecule has 0 saturated carbocycles. The Bertz CT molecular complexity index is 793. The molecule has 25 heavy (non-hydrogen) atoms. The summed E-state index contributed by atoms with van der Waals surface area (Å²) in [7, 11) is 0. The highest BCUT2D eigenvalue weighted by molar-refractivity contribution is 9.10. The van der Waals surface area contributed by atoms with E-state index in [0.717, 1.165) is 16.7 Å². The molecule has 0 N–H and O–H groups in total. The minimum absolute atomic E-state index is 0.138. The molecule has 2 amide bonds. The number of rotatable bonds is 4. The van der Waals surface area contributed by atoms with Crippen LogP contribution in [0.15, 0.2) is 21.5 Å². The Kier molecular flexibility index (Phi) is 5.05. The number of thioether (sulfide) groups is 1. The molecule has 3 rings (SSSR count). The van der Waals surface area contributed by atoms with Gasteiger partial charge in [0.15, 0.2) is 11.5 Å². The van der Waals surface area contributed by atoms with Crippen LogP contribution >= 0.6 is 27.7 Å². The Morgan fingerprint density at radius 3 is 2.76 bits per heavy atom. The van der Waals surface area contributed by atoms with E-state index in [4.69, 9.17) is 14.2 Å². The number of carbonyl (C=O) groups excluding carboxylic acids is 3. The van der Waals surface area contributed by atoms with Gasteiger partial charge in [0.25, 0.3) is 11.1 Å². The lowest BCUT2D eigenvalue weighted by Gasteiger charge is -2.19. The summed E-state index contributed by atoms with van der Waals surface area (Å²) in [4.78, 5) is 37.7. The fraction of sp³-hybridized carbons (Fsp3) is 0.312. The molecule has 7 nitrogen and oxygen atoms in total. The van der Waals surface area contributed by atoms with Crippen LogP contribution in [0.3, 0.4) is 0 Å². The Balaban J connectivity index is 1.87. The highest BCUT2D eigenvalue weighted by atomic mass is 79.9. The summed E-state index contributed by atoms with van der Waals surface area (Å²) in [6.07, 6.45) is 1.58. The van der Waals surface area contributed by atoms with Gasteiger partial charge in [-0.1, -0.05) is 15.9 Å². The molecule has 0 aliphatic carbocycles. The molecule has 2 aliphatic heterocycles. The molecule has 1 atom stereocenters. The van der Waals surface area contributed by atoms with Crippen LogP contribution in [0.25, 0.3) is 6.08 Å². The van der Waals surface area contributed by atoms with Crippen LogP contribution in [0.2, 0.25) is 0 Å². The largest absolute Gasteiger partial charge is 0.464 e. The number of ether oxygens (including phenoxy) is 3. The van der Waals surface area contributed by atoms with Crippen LogP contribution in [-0.2, 0) is 14.3 Å². The fourth-order valence-electron chi connectivity index (χ4n) is 2.37. The molecule has 1 fully saturated rings. The summed E-state index contributed by atoms with van der Waals surface area (Å²) >= 11 is 4.19. The topological polar surface area (TPSA) is 82.1 Å². The maximum atomic E-state index is 12.6. The number of carbonyl (C=O) groups is 3. The van der Waals surface area contributed by atoms with Crippen molar-refractivity contribution in [1.82, 2.24) is 4.90 Å². The van der Waals surface area contributed by atoms with E-state index >= 15 is 0 Å². The smallest absolute Gasteiger partial charge is 0.329 e. The first kappa shape index (κ1) is 17.8. The molecular weight excluding hydrogens is 414 g/mol. The van der Waals surface area contributed by atoms with Gasteiger partial charge in [-0.25, -0.2) is 4.79 Å². The summed E-state index contributed by atoms with van der Waals surface area (Å²) in [6, 6.07) is 2.48. The minimum Gasteiger partial charge on any atom is -0.464 e. The van der Waals surface area contributed by atoms with E-state index < -0.39 is 23.2 Å². The first-order chi connectivity index (χ1) is 11.9. The molecule has 9 heteroatoms. The van der Waals surface area contributed by atoms with Crippen molar-refractivity contribution in [3.8, 4) is 11.5 Å². The highest BCUT2D eigenvalue weighted by Crippen LogP contribution is 2.40. The predicted octanol–water partition coefficient (Wildman–Crippen LogP) is 3.17. The van der Waals surface area contributed by atoms with Gasteiger partial charge in [0.1, 0.15) is 6.04 Å². The second-order valence-corrected chi connectivity index (χ2v) is 7.05. The molecule has 1 saturated heterocycles. The number of benzene rings is 1. The first-order valence-electron chi connectivity index (χ1n) is 7.45. The molecule has 0 unspecified atom stereocenters. The molecule has 1 aromatic rings. The van der Waals surface area contributed by atoms with Gasteiger partial charge in [0, 0.05) is 4.47 Å². The lowest BCUT2D eigenvalue weighted by Crippen LogP contribution is -2.42. The number of amides is 2. The maximum absolute atomic E-state index is 12.6. The van der Waals surface area contributed by atoms with Crippen molar-refractivity contribution < 1.29 is 28.6 Å². The molecule has 2 aliphatic rings. The molecular formula is C16H14BrNO6S. The lowest BCUT2D eigenvalue weighted by molar-refractivity contribution is -0.150. The third kappa shape index (κ3) is 3.38. The zero-order chi connectivity index (χ0) is 18.1. The van der Waals surface area contributed by atoms with Crippen LogP contribution in [-0.4, -0.2) is 41.5 Å². The molecule has 132 valence electrons. The van der Waals surface area contributed by atoms with Gasteiger partial charge >= 0.3 is 5.97 Å². The van der Waals surface area contributed by atoms with Crippen LogP contribution in [0.4, 0.5) is 4.79 Å². The number of hydrogen-bond acceptors (Lipinski definition) is 7. The van der Waals surface area contributed by atoms with E-state index in [0.29, 0.717) is 21.5 Å². The third-order valence-corrected chi connectivity index (χ3v) is 5.19. The Morgan fingerprint density at radius 1 is 1.40 bits per heavy atom. The van der Waals surface area contributed by atoms with E-state index in [-0.39, 0.29) is 18.3 Å². The zero-order valence-electron chi connectivity index (χ0n) is 13.4. The molecule has 0 spiro atoms. The van der Waals surface area contributed by atoms with Crippen LogP contribution < -0.4 is 9.47 Å². The Hall–Kier alpha value is -2.00. The van der Waals surface area contributed by atoms with Crippen molar-refractivity contribution in [2.75, 3.05) is 13.4 Å². The second-order valence-electron chi connectivity index (χ2n) is 5.21. The van der Waals surface area contributed by atoms with Crippen molar-refractivity contribution >= 4 is 50.9 Å². The minimum atomic E-state index is -0.974. The quantitative estimate of drug-likeness (QED) is 0.538. The summed E-state index contributed by atoms with van der Waals surface area (Å²) < 4.78 is 16.2. The summed E-state index contributed by atoms with van der Waals surface area (Å²) in [6.45, 7) is 3.45. The van der Waals surface area contributed by atoms with Gasteiger partial charge < -0.3 is 14.2 Å². The van der Waals surface area contributed by atoms with Crippen molar-refractivity contribution in [2.24, 2.45) is 0 Å². The van der Waals surface area contributed by atoms with Gasteiger partial charge in [-0.2, -0.15) is 0 Å². The lowest BCUT2D eigenvalue weighted by atomic mass is 10.2. The van der Waals surface area contributed by atoms with Crippen molar-refractivity contribution in [3.05, 3.63) is 27.1 Å². The number of fused-ring (bicyclic) bond motifs is 1. The number of halogens is 1. The van der Waals surface area contributed by atoms with Crippen molar-refractivity contribution in [3.63, 3.8) is 0 Å². The van der Waals surface area contributed by atoms with E-state index in [1.807, 2.05) is 0 Å². The predicted molar refractivity (Wildman–Crippen MR) is 94.2 cm³/mol. The normalized spacial score (nSPS) is 18.8. The Morgan fingerprint density at radius 2 is 2.08 bits per heavy atom. The summed E-state index contributed by atoms with van der Waals surface area (Å²) in [5, 5.41) is -0.506. The summed E-state index contributed by atoms with van der Waals surface area (Å²) in [5.41, 5.74) is 0.665. The monoisotopic (exact) mass is 427 g/mol. The SMILES string of the molecule is CCOC(=O)[C@@H](C)N1C(=O)S/C(=C/c2cc3c(cc2Br)OCO3)C1=O. The van der Waals surface area contributed by atoms with Gasteiger partial charge in [0.05, 0.1) is 11.5 Å². The van der Waals surface area contributed by atoms with E-state index in [1.165, 1.54) is 6.92 Å². The zero-order valence-corrected chi connectivity index (χ0v) is 15.8. The second kappa shape index (κ2) is 7.09. The average Bonchev–Trinajstić information content (AvgIpc) is 3.11. The molecule has 0 aromatic heterocycles. The van der Waals surface area contributed by atoms with Crippen molar-refractivity contribution in [1.29, 1.82) is 0 Å². The number of hydrogen-bond donors (Lipinski definition) is 0. The van der Waals surface area contributed by atoms with Crippen LogP contribution in [0.1, 0.15) is 19.4 Å². The Labute approximate surface area is 156 Å². The van der Waals surface area contributed by atoms with Crippen LogP contribution in [0.5, 0.6) is 11.5 Å². The van der Waals surface area contributed by atoms with E-state index in [9.17, 15) is 14.4 Å². The van der Waals surface area contributed by atoms with E-state index in [1.54, 1.807) is 25.1 Å². The molecule has 0 bridgehead atoms. The average molecular weight is 428 g/mol. The standard InChI is InChI=1S/C16H14BrNO6S/c1-3-22-15(20)8(2)18-14(19)13(25-16(18)21)5-9-4-11-12(6-10(9)17)24-7-23-11/h4-6,8H,3,7H2,1-2H3/b13-5+/t8-/m1/s1. The first-order valence-corrected chi connectivity index (χ1v) is 9.06. The number of nitrogens with zero attached hydrogens (tertiary/aromatic N) is 1.